The van der Waals surface area contributed by atoms with Gasteiger partial charge in [0.1, 0.15) is 5.82 Å². The highest BCUT2D eigenvalue weighted by atomic mass is 32.2. The van der Waals surface area contributed by atoms with Crippen molar-refractivity contribution >= 4 is 15.9 Å². The summed E-state index contributed by atoms with van der Waals surface area (Å²) in [4.78, 5) is 11.1. The van der Waals surface area contributed by atoms with Crippen LogP contribution in [0.25, 0.3) is 0 Å². The lowest BCUT2D eigenvalue weighted by molar-refractivity contribution is 0.0958. The first-order chi connectivity index (χ1) is 8.34. The van der Waals surface area contributed by atoms with Crippen LogP contribution in [0.4, 0.5) is 4.39 Å². The Balaban J connectivity index is 3.06. The van der Waals surface area contributed by atoms with E-state index in [-0.39, 0.29) is 12.1 Å². The van der Waals surface area contributed by atoms with Gasteiger partial charge in [-0.25, -0.2) is 17.9 Å². The molecule has 96 valence electrons. The lowest BCUT2D eigenvalue weighted by Crippen LogP contribution is -2.24. The maximum absolute atomic E-state index is 13.2. The van der Waals surface area contributed by atoms with E-state index in [1.165, 1.54) is 0 Å². The van der Waals surface area contributed by atoms with Gasteiger partial charge in [0.05, 0.1) is 11.4 Å². The summed E-state index contributed by atoms with van der Waals surface area (Å²) in [6.45, 7) is 1.70. The van der Waals surface area contributed by atoms with Gasteiger partial charge in [-0.15, -0.1) is 5.92 Å². The number of amides is 1. The Morgan fingerprint density at radius 2 is 2.11 bits per heavy atom. The van der Waals surface area contributed by atoms with Gasteiger partial charge in [0.15, 0.2) is 0 Å². The predicted molar refractivity (Wildman–Crippen MR) is 63.6 cm³/mol. The van der Waals surface area contributed by atoms with Gasteiger partial charge < -0.3 is 5.32 Å². The maximum atomic E-state index is 13.2. The van der Waals surface area contributed by atoms with E-state index in [1.54, 1.807) is 6.92 Å². The molecule has 0 unspecified atom stereocenters. The van der Waals surface area contributed by atoms with Crippen molar-refractivity contribution in [2.75, 3.05) is 6.54 Å². The number of nitrogens with two attached hydrogens (primary N) is 1. The molecule has 0 aliphatic rings. The molecule has 1 aromatic rings. The molecule has 0 fully saturated rings. The van der Waals surface area contributed by atoms with Crippen LogP contribution in [-0.2, 0) is 10.0 Å². The number of primary sulfonamides is 1. The van der Waals surface area contributed by atoms with Crippen molar-refractivity contribution in [2.24, 2.45) is 5.14 Å². The van der Waals surface area contributed by atoms with Crippen molar-refractivity contribution in [3.8, 4) is 11.8 Å². The Morgan fingerprint density at radius 1 is 1.44 bits per heavy atom. The van der Waals surface area contributed by atoms with Crippen LogP contribution in [0.1, 0.15) is 17.3 Å². The number of benzene rings is 1. The average molecular weight is 270 g/mol. The average Bonchev–Trinajstić information content (AvgIpc) is 2.27. The third kappa shape index (κ3) is 3.84. The second kappa shape index (κ2) is 5.62. The van der Waals surface area contributed by atoms with Crippen molar-refractivity contribution in [3.05, 3.63) is 29.6 Å². The van der Waals surface area contributed by atoms with E-state index in [9.17, 15) is 17.6 Å². The van der Waals surface area contributed by atoms with Gasteiger partial charge in [0.25, 0.3) is 5.91 Å². The van der Waals surface area contributed by atoms with Crippen molar-refractivity contribution in [3.63, 3.8) is 0 Å². The Hall–Kier alpha value is -1.91. The number of hydrogen-bond acceptors (Lipinski definition) is 3. The van der Waals surface area contributed by atoms with Gasteiger partial charge in [0.2, 0.25) is 10.0 Å². The zero-order chi connectivity index (χ0) is 13.8. The molecular weight excluding hydrogens is 259 g/mol. The zero-order valence-electron chi connectivity index (χ0n) is 9.53. The summed E-state index contributed by atoms with van der Waals surface area (Å²) in [5.74, 6) is 3.68. The number of nitrogens with one attached hydrogen (secondary N) is 1. The van der Waals surface area contributed by atoms with Crippen LogP contribution in [0.2, 0.25) is 0 Å². The van der Waals surface area contributed by atoms with Crippen molar-refractivity contribution < 1.29 is 17.6 Å². The molecular formula is C11H11FN2O3S. The van der Waals surface area contributed by atoms with Crippen LogP contribution in [0.5, 0.6) is 0 Å². The molecule has 0 saturated carbocycles. The quantitative estimate of drug-likeness (QED) is 0.770. The van der Waals surface area contributed by atoms with E-state index in [0.717, 1.165) is 18.2 Å². The lowest BCUT2D eigenvalue weighted by atomic mass is 10.2. The molecule has 0 saturated heterocycles. The zero-order valence-corrected chi connectivity index (χ0v) is 10.3. The van der Waals surface area contributed by atoms with Gasteiger partial charge in [-0.3, -0.25) is 4.79 Å². The topological polar surface area (TPSA) is 89.3 Å². The highest BCUT2D eigenvalue weighted by Gasteiger charge is 2.14. The monoisotopic (exact) mass is 270 g/mol. The molecule has 0 radical (unpaired) electrons. The highest BCUT2D eigenvalue weighted by molar-refractivity contribution is 7.89. The third-order valence-corrected chi connectivity index (χ3v) is 2.87. The minimum Gasteiger partial charge on any atom is -0.341 e. The molecule has 18 heavy (non-hydrogen) atoms. The van der Waals surface area contributed by atoms with Gasteiger partial charge in [-0.05, 0) is 25.1 Å². The molecule has 1 rings (SSSR count). The predicted octanol–water partition coefficient (Wildman–Crippen LogP) is 0.226. The highest BCUT2D eigenvalue weighted by Crippen LogP contribution is 2.13. The summed E-state index contributed by atoms with van der Waals surface area (Å²) in [6.07, 6.45) is 0. The smallest absolute Gasteiger partial charge is 0.252 e. The molecule has 0 heterocycles. The number of hydrogen-bond donors (Lipinski definition) is 2. The third-order valence-electron chi connectivity index (χ3n) is 1.98. The summed E-state index contributed by atoms with van der Waals surface area (Å²) < 4.78 is 35.3. The molecule has 0 aromatic heterocycles. The largest absolute Gasteiger partial charge is 0.341 e. The van der Waals surface area contributed by atoms with Crippen molar-refractivity contribution in [1.29, 1.82) is 0 Å². The molecule has 5 nitrogen and oxygen atoms in total. The second-order valence-electron chi connectivity index (χ2n) is 3.33. The van der Waals surface area contributed by atoms with E-state index in [1.807, 2.05) is 0 Å². The first-order valence-electron chi connectivity index (χ1n) is 4.86. The van der Waals surface area contributed by atoms with Crippen molar-refractivity contribution in [1.82, 2.24) is 5.32 Å². The minimum absolute atomic E-state index is 0.0938. The van der Waals surface area contributed by atoms with Crippen LogP contribution in [0.15, 0.2) is 23.1 Å². The van der Waals surface area contributed by atoms with E-state index in [0.29, 0.717) is 0 Å². The van der Waals surface area contributed by atoms with Crippen LogP contribution in [0.3, 0.4) is 0 Å². The molecule has 0 bridgehead atoms. The standard InChI is InChI=1S/C11H11FN2O3S/c1-2-3-4-14-11(15)8-5-9(12)7-10(6-8)18(13,16)17/h5-7H,4H2,1H3,(H,14,15)(H2,13,16,17). The normalized spacial score (nSPS) is 10.4. The Kier molecular flexibility index (Phi) is 4.42. The maximum Gasteiger partial charge on any atom is 0.252 e. The Bertz CT molecular complexity index is 629. The van der Waals surface area contributed by atoms with Gasteiger partial charge in [0, 0.05) is 5.56 Å². The molecule has 7 heteroatoms. The SMILES string of the molecule is CC#CCNC(=O)c1cc(F)cc(S(N)(=O)=O)c1. The summed E-state index contributed by atoms with van der Waals surface area (Å²) in [7, 11) is -4.05. The molecule has 0 atom stereocenters. The molecule has 1 aromatic carbocycles. The van der Waals surface area contributed by atoms with Gasteiger partial charge in [-0.2, -0.15) is 0 Å². The minimum atomic E-state index is -4.05. The second-order valence-corrected chi connectivity index (χ2v) is 4.89. The first kappa shape index (κ1) is 14.2. The molecule has 0 aliphatic heterocycles. The number of rotatable bonds is 3. The Morgan fingerprint density at radius 3 is 2.67 bits per heavy atom. The van der Waals surface area contributed by atoms with E-state index in [4.69, 9.17) is 5.14 Å². The van der Waals surface area contributed by atoms with Crippen LogP contribution >= 0.6 is 0 Å². The fourth-order valence-corrected chi connectivity index (χ4v) is 1.74. The summed E-state index contributed by atoms with van der Waals surface area (Å²) in [5.41, 5.74) is -0.128. The fraction of sp³-hybridized carbons (Fsp3) is 0.182. The molecule has 0 spiro atoms. The van der Waals surface area contributed by atoms with Crippen LogP contribution < -0.4 is 10.5 Å². The number of carbonyl (C=O) groups excluding carboxylic acids is 1. The van der Waals surface area contributed by atoms with Crippen LogP contribution in [-0.4, -0.2) is 20.9 Å². The number of sulfonamides is 1. The molecule has 1 amide bonds. The summed E-state index contributed by atoms with van der Waals surface area (Å²) >= 11 is 0. The van der Waals surface area contributed by atoms with E-state index in [2.05, 4.69) is 17.2 Å². The van der Waals surface area contributed by atoms with Crippen molar-refractivity contribution in [2.45, 2.75) is 11.8 Å². The summed E-state index contributed by atoms with van der Waals surface area (Å²) in [6, 6.07) is 2.68. The summed E-state index contributed by atoms with van der Waals surface area (Å²) in [5, 5.41) is 7.26. The van der Waals surface area contributed by atoms with Gasteiger partial charge >= 0.3 is 0 Å². The molecule has 3 N–H and O–H groups in total. The Labute approximate surface area is 104 Å². The van der Waals surface area contributed by atoms with E-state index < -0.39 is 26.6 Å². The van der Waals surface area contributed by atoms with E-state index >= 15 is 0 Å². The number of carbonyl (C=O) groups is 1. The van der Waals surface area contributed by atoms with Crippen LogP contribution in [0, 0.1) is 17.7 Å². The van der Waals surface area contributed by atoms with Gasteiger partial charge in [-0.1, -0.05) is 5.92 Å². The fourth-order valence-electron chi connectivity index (χ4n) is 1.17. The lowest BCUT2D eigenvalue weighted by Gasteiger charge is -2.04. The first-order valence-corrected chi connectivity index (χ1v) is 6.40. The number of halogens is 1. The molecule has 0 aliphatic carbocycles.